The first-order valence-electron chi connectivity index (χ1n) is 13.1. The fourth-order valence-electron chi connectivity index (χ4n) is 4.84. The summed E-state index contributed by atoms with van der Waals surface area (Å²) in [6.07, 6.45) is 8.00. The summed E-state index contributed by atoms with van der Waals surface area (Å²) in [6, 6.07) is 17.8. The second kappa shape index (κ2) is 11.2. The highest BCUT2D eigenvalue weighted by molar-refractivity contribution is 6.04. The van der Waals surface area contributed by atoms with Gasteiger partial charge in [-0.05, 0) is 105 Å². The first kappa shape index (κ1) is 25.7. The molecule has 7 nitrogen and oxygen atoms in total. The Balaban J connectivity index is 1.39. The van der Waals surface area contributed by atoms with Crippen molar-refractivity contribution in [1.29, 1.82) is 0 Å². The highest BCUT2D eigenvalue weighted by Gasteiger charge is 2.18. The maximum Gasteiger partial charge on any atom is 0.255 e. The van der Waals surface area contributed by atoms with E-state index in [1.165, 1.54) is 5.56 Å². The summed E-state index contributed by atoms with van der Waals surface area (Å²) in [6.45, 7) is 8.67. The van der Waals surface area contributed by atoms with Crippen LogP contribution in [-0.2, 0) is 6.54 Å². The zero-order valence-electron chi connectivity index (χ0n) is 22.3. The number of carbonyl (C=O) groups is 1. The number of rotatable bonds is 7. The van der Waals surface area contributed by atoms with Gasteiger partial charge in [0.25, 0.3) is 5.91 Å². The third kappa shape index (κ3) is 6.30. The number of ether oxygens (including phenoxy) is 1. The van der Waals surface area contributed by atoms with Crippen molar-refractivity contribution < 1.29 is 9.53 Å². The van der Waals surface area contributed by atoms with Crippen molar-refractivity contribution in [2.75, 3.05) is 18.4 Å². The molecule has 1 aliphatic rings. The number of hydrogen-bond donors (Lipinski definition) is 2. The predicted molar refractivity (Wildman–Crippen MR) is 151 cm³/mol. The molecule has 2 aromatic carbocycles. The van der Waals surface area contributed by atoms with Gasteiger partial charge in [0.05, 0.1) is 6.20 Å². The van der Waals surface area contributed by atoms with Crippen LogP contribution < -0.4 is 15.8 Å². The molecular weight excluding hydrogens is 474 g/mol. The van der Waals surface area contributed by atoms with Gasteiger partial charge in [-0.25, -0.2) is 0 Å². The van der Waals surface area contributed by atoms with E-state index in [4.69, 9.17) is 10.5 Å². The Kier molecular flexibility index (Phi) is 7.58. The third-order valence-corrected chi connectivity index (χ3v) is 6.88. The summed E-state index contributed by atoms with van der Waals surface area (Å²) >= 11 is 0. The number of hydrogen-bond acceptors (Lipinski definition) is 5. The van der Waals surface area contributed by atoms with Gasteiger partial charge in [-0.3, -0.25) is 14.7 Å². The number of pyridine rings is 1. The first-order chi connectivity index (χ1) is 18.3. The molecule has 196 valence electrons. The predicted octanol–water partition coefficient (Wildman–Crippen LogP) is 5.77. The number of nitrogens with two attached hydrogens (primary N) is 1. The molecule has 4 aromatic rings. The van der Waals surface area contributed by atoms with Gasteiger partial charge in [-0.15, -0.1) is 0 Å². The number of aromatic nitrogens is 2. The van der Waals surface area contributed by atoms with Crippen molar-refractivity contribution in [1.82, 2.24) is 14.5 Å². The van der Waals surface area contributed by atoms with Crippen molar-refractivity contribution in [2.24, 2.45) is 5.73 Å². The van der Waals surface area contributed by atoms with E-state index in [9.17, 15) is 4.79 Å². The zero-order valence-corrected chi connectivity index (χ0v) is 22.3. The van der Waals surface area contributed by atoms with Crippen LogP contribution in [0.1, 0.15) is 45.6 Å². The van der Waals surface area contributed by atoms with E-state index < -0.39 is 0 Å². The Morgan fingerprint density at radius 3 is 2.71 bits per heavy atom. The van der Waals surface area contributed by atoms with Crippen LogP contribution in [0.2, 0.25) is 0 Å². The fraction of sp³-hybridized carbons (Fsp3) is 0.290. The van der Waals surface area contributed by atoms with Crippen molar-refractivity contribution in [3.8, 4) is 17.2 Å². The summed E-state index contributed by atoms with van der Waals surface area (Å²) < 4.78 is 8.12. The Morgan fingerprint density at radius 1 is 1.11 bits per heavy atom. The van der Waals surface area contributed by atoms with Crippen LogP contribution >= 0.6 is 0 Å². The van der Waals surface area contributed by atoms with Gasteiger partial charge in [0.1, 0.15) is 11.5 Å². The average Bonchev–Trinajstić information content (AvgIpc) is 3.33. The molecule has 1 aliphatic heterocycles. The minimum atomic E-state index is -0.191. The number of benzene rings is 2. The van der Waals surface area contributed by atoms with E-state index in [1.54, 1.807) is 12.3 Å². The van der Waals surface area contributed by atoms with Crippen LogP contribution in [0.3, 0.4) is 0 Å². The molecule has 5 rings (SSSR count). The molecular formula is C31H35N5O2. The van der Waals surface area contributed by atoms with Gasteiger partial charge in [0.2, 0.25) is 0 Å². The average molecular weight is 510 g/mol. The second-order valence-electron chi connectivity index (χ2n) is 10.3. The maximum absolute atomic E-state index is 13.4. The molecule has 7 heteroatoms. The summed E-state index contributed by atoms with van der Waals surface area (Å²) in [5.74, 6) is 1.07. The smallest absolute Gasteiger partial charge is 0.255 e. The van der Waals surface area contributed by atoms with Crippen LogP contribution in [0.25, 0.3) is 5.69 Å². The topological polar surface area (TPSA) is 85.4 Å². The number of nitrogens with zero attached hydrogens (tertiary/aromatic N) is 3. The third-order valence-electron chi connectivity index (χ3n) is 6.88. The highest BCUT2D eigenvalue weighted by Crippen LogP contribution is 2.27. The Bertz CT molecular complexity index is 1430. The molecule has 1 fully saturated rings. The Hall–Kier alpha value is -3.94. The van der Waals surface area contributed by atoms with E-state index in [0.717, 1.165) is 60.7 Å². The molecule has 0 spiro atoms. The molecule has 0 saturated carbocycles. The van der Waals surface area contributed by atoms with E-state index in [-0.39, 0.29) is 11.9 Å². The van der Waals surface area contributed by atoms with Crippen molar-refractivity contribution in [3.63, 3.8) is 0 Å². The van der Waals surface area contributed by atoms with Crippen LogP contribution in [0, 0.1) is 20.8 Å². The first-order valence-corrected chi connectivity index (χ1v) is 13.1. The summed E-state index contributed by atoms with van der Waals surface area (Å²) in [5, 5.41) is 3.12. The largest absolute Gasteiger partial charge is 0.455 e. The summed E-state index contributed by atoms with van der Waals surface area (Å²) in [4.78, 5) is 20.0. The maximum atomic E-state index is 13.4. The minimum absolute atomic E-state index is 0.191. The van der Waals surface area contributed by atoms with Gasteiger partial charge in [-0.1, -0.05) is 6.07 Å². The number of carbonyl (C=O) groups excluding carboxylic acids is 1. The second-order valence-corrected chi connectivity index (χ2v) is 10.3. The van der Waals surface area contributed by atoms with Crippen LogP contribution in [0.5, 0.6) is 11.5 Å². The molecule has 0 unspecified atom stereocenters. The molecule has 0 radical (unpaired) electrons. The molecule has 1 amide bonds. The van der Waals surface area contributed by atoms with E-state index >= 15 is 0 Å². The molecule has 2 aromatic heterocycles. The lowest BCUT2D eigenvalue weighted by Crippen LogP contribution is -2.42. The van der Waals surface area contributed by atoms with Gasteiger partial charge in [0, 0.05) is 54.2 Å². The van der Waals surface area contributed by atoms with Gasteiger partial charge >= 0.3 is 0 Å². The number of nitrogens with one attached hydrogen (secondary N) is 1. The lowest BCUT2D eigenvalue weighted by molar-refractivity contribution is 0.102. The molecule has 1 saturated heterocycles. The lowest BCUT2D eigenvalue weighted by Gasteiger charge is -2.30. The van der Waals surface area contributed by atoms with Gasteiger partial charge in [0.15, 0.2) is 0 Å². The minimum Gasteiger partial charge on any atom is -0.455 e. The van der Waals surface area contributed by atoms with E-state index in [2.05, 4.69) is 51.1 Å². The SMILES string of the molecule is Cc1ccn(-c2cc(CN3CCC[C@H](N)C3)cc(NC(=O)c3ccc(C)c(Oc4ccc(C)nc4)c3)c2)c1. The number of anilines is 1. The molecule has 38 heavy (non-hydrogen) atoms. The standard InChI is InChI=1S/C31H35N5O2/c1-21-10-12-36(18-21)28-14-24(19-35-11-4-5-26(32)20-35)13-27(16-28)34-31(37)25-8-6-22(2)30(15-25)38-29-9-7-23(3)33-17-29/h6-10,12-18,26H,4-5,11,19-20,32H2,1-3H3,(H,34,37)/t26-/m0/s1. The number of likely N-dealkylation sites (tertiary alicyclic amines) is 1. The number of aryl methyl sites for hydroxylation is 3. The van der Waals surface area contributed by atoms with E-state index in [0.29, 0.717) is 17.1 Å². The molecule has 0 bridgehead atoms. The normalized spacial score (nSPS) is 15.8. The van der Waals surface area contributed by atoms with Crippen LogP contribution in [-0.4, -0.2) is 39.5 Å². The molecule has 1 atom stereocenters. The van der Waals surface area contributed by atoms with Crippen molar-refractivity contribution in [3.05, 3.63) is 101 Å². The number of amides is 1. The van der Waals surface area contributed by atoms with Crippen LogP contribution in [0.4, 0.5) is 5.69 Å². The summed E-state index contributed by atoms with van der Waals surface area (Å²) in [5.41, 5.74) is 12.7. The van der Waals surface area contributed by atoms with Crippen molar-refractivity contribution >= 4 is 11.6 Å². The van der Waals surface area contributed by atoms with E-state index in [1.807, 2.05) is 50.4 Å². The fourth-order valence-corrected chi connectivity index (χ4v) is 4.84. The Labute approximate surface area is 224 Å². The Morgan fingerprint density at radius 2 is 1.97 bits per heavy atom. The molecule has 3 N–H and O–H groups in total. The van der Waals surface area contributed by atoms with Gasteiger partial charge in [-0.2, -0.15) is 0 Å². The molecule has 0 aliphatic carbocycles. The zero-order chi connectivity index (χ0) is 26.6. The summed E-state index contributed by atoms with van der Waals surface area (Å²) in [7, 11) is 0. The monoisotopic (exact) mass is 509 g/mol. The van der Waals surface area contributed by atoms with Crippen molar-refractivity contribution in [2.45, 2.75) is 46.2 Å². The van der Waals surface area contributed by atoms with Gasteiger partial charge < -0.3 is 20.4 Å². The quantitative estimate of drug-likeness (QED) is 0.331. The molecule has 3 heterocycles. The highest BCUT2D eigenvalue weighted by atomic mass is 16.5. The number of piperidine rings is 1. The van der Waals surface area contributed by atoms with Crippen LogP contribution in [0.15, 0.2) is 73.2 Å². The lowest BCUT2D eigenvalue weighted by atomic mass is 10.0.